The minimum Gasteiger partial charge on any atom is -0.342 e. The molecule has 3 heteroatoms. The molecule has 1 atom stereocenters. The van der Waals surface area contributed by atoms with Gasteiger partial charge in [-0.05, 0) is 50.1 Å². The van der Waals surface area contributed by atoms with Gasteiger partial charge in [-0.2, -0.15) is 0 Å². The second kappa shape index (κ2) is 7.08. The van der Waals surface area contributed by atoms with Crippen molar-refractivity contribution in [1.82, 2.24) is 4.90 Å². The Hall–Kier alpha value is -1.35. The molecular formula is C18H28N2O. The number of amides is 1. The van der Waals surface area contributed by atoms with Crippen LogP contribution < -0.4 is 5.73 Å². The predicted octanol–water partition coefficient (Wildman–Crippen LogP) is 2.91. The van der Waals surface area contributed by atoms with Gasteiger partial charge >= 0.3 is 0 Å². The Morgan fingerprint density at radius 1 is 1.29 bits per heavy atom. The van der Waals surface area contributed by atoms with Crippen LogP contribution in [0.25, 0.3) is 0 Å². The first kappa shape index (κ1) is 16.0. The van der Waals surface area contributed by atoms with Crippen LogP contribution in [-0.4, -0.2) is 30.4 Å². The minimum atomic E-state index is 0.136. The number of carbonyl (C=O) groups excluding carboxylic acids is 1. The largest absolute Gasteiger partial charge is 0.342 e. The molecule has 0 aromatic heterocycles. The van der Waals surface area contributed by atoms with E-state index in [1.165, 1.54) is 11.1 Å². The molecule has 1 fully saturated rings. The monoisotopic (exact) mass is 288 g/mol. The SMILES string of the molecule is Cc1ccc(CCCCC(=O)N2CCC(C)(CN)C2)cc1. The van der Waals surface area contributed by atoms with Gasteiger partial charge < -0.3 is 10.6 Å². The molecule has 1 aromatic rings. The van der Waals surface area contributed by atoms with Gasteiger partial charge in [0, 0.05) is 19.5 Å². The normalized spacial score (nSPS) is 21.8. The highest BCUT2D eigenvalue weighted by atomic mass is 16.2. The van der Waals surface area contributed by atoms with Crippen LogP contribution in [0, 0.1) is 12.3 Å². The molecule has 2 N–H and O–H groups in total. The molecule has 1 saturated heterocycles. The highest BCUT2D eigenvalue weighted by Gasteiger charge is 2.34. The van der Waals surface area contributed by atoms with Crippen molar-refractivity contribution in [2.24, 2.45) is 11.1 Å². The van der Waals surface area contributed by atoms with Crippen LogP contribution in [0.5, 0.6) is 0 Å². The van der Waals surface area contributed by atoms with E-state index in [2.05, 4.69) is 38.1 Å². The van der Waals surface area contributed by atoms with E-state index in [0.29, 0.717) is 18.9 Å². The molecule has 21 heavy (non-hydrogen) atoms. The summed E-state index contributed by atoms with van der Waals surface area (Å²) in [6.07, 6.45) is 4.83. The lowest BCUT2D eigenvalue weighted by molar-refractivity contribution is -0.130. The molecule has 1 aliphatic heterocycles. The fourth-order valence-corrected chi connectivity index (χ4v) is 2.92. The minimum absolute atomic E-state index is 0.136. The molecule has 2 rings (SSSR count). The predicted molar refractivity (Wildman–Crippen MR) is 87.1 cm³/mol. The van der Waals surface area contributed by atoms with Crippen molar-refractivity contribution in [3.05, 3.63) is 35.4 Å². The first-order valence-electron chi connectivity index (χ1n) is 8.06. The molecule has 1 unspecified atom stereocenters. The molecule has 0 radical (unpaired) electrons. The molecular weight excluding hydrogens is 260 g/mol. The van der Waals surface area contributed by atoms with Crippen LogP contribution >= 0.6 is 0 Å². The van der Waals surface area contributed by atoms with E-state index >= 15 is 0 Å². The molecule has 1 aromatic carbocycles. The quantitative estimate of drug-likeness (QED) is 0.818. The van der Waals surface area contributed by atoms with Crippen LogP contribution in [0.4, 0.5) is 0 Å². The maximum Gasteiger partial charge on any atom is 0.222 e. The van der Waals surface area contributed by atoms with Crippen LogP contribution in [-0.2, 0) is 11.2 Å². The molecule has 116 valence electrons. The standard InChI is InChI=1S/C18H28N2O/c1-15-7-9-16(10-8-15)5-3-4-6-17(21)20-12-11-18(2,13-19)14-20/h7-10H,3-6,11-14,19H2,1-2H3. The number of aryl methyl sites for hydroxylation is 2. The zero-order chi connectivity index (χ0) is 15.3. The van der Waals surface area contributed by atoms with E-state index in [4.69, 9.17) is 5.73 Å². The Kier molecular flexibility index (Phi) is 5.40. The van der Waals surface area contributed by atoms with Crippen LogP contribution in [0.2, 0.25) is 0 Å². The van der Waals surface area contributed by atoms with E-state index in [1.807, 2.05) is 4.90 Å². The molecule has 1 heterocycles. The number of benzene rings is 1. The summed E-state index contributed by atoms with van der Waals surface area (Å²) in [4.78, 5) is 14.2. The second-order valence-electron chi connectivity index (χ2n) is 6.77. The lowest BCUT2D eigenvalue weighted by Gasteiger charge is -2.22. The number of nitrogens with zero attached hydrogens (tertiary/aromatic N) is 1. The van der Waals surface area contributed by atoms with Gasteiger partial charge in [0.1, 0.15) is 0 Å². The van der Waals surface area contributed by atoms with Gasteiger partial charge in [-0.15, -0.1) is 0 Å². The van der Waals surface area contributed by atoms with Gasteiger partial charge in [-0.3, -0.25) is 4.79 Å². The molecule has 3 nitrogen and oxygen atoms in total. The summed E-state index contributed by atoms with van der Waals surface area (Å²) in [7, 11) is 0. The summed E-state index contributed by atoms with van der Waals surface area (Å²) < 4.78 is 0. The zero-order valence-electron chi connectivity index (χ0n) is 13.4. The Balaban J connectivity index is 1.67. The highest BCUT2D eigenvalue weighted by Crippen LogP contribution is 2.29. The topological polar surface area (TPSA) is 46.3 Å². The van der Waals surface area contributed by atoms with Gasteiger partial charge in [0.15, 0.2) is 0 Å². The van der Waals surface area contributed by atoms with Crippen molar-refractivity contribution in [2.45, 2.75) is 46.0 Å². The first-order valence-corrected chi connectivity index (χ1v) is 8.06. The van der Waals surface area contributed by atoms with E-state index in [-0.39, 0.29) is 5.41 Å². The molecule has 0 aliphatic carbocycles. The van der Waals surface area contributed by atoms with Gasteiger partial charge in [-0.25, -0.2) is 0 Å². The number of unbranched alkanes of at least 4 members (excludes halogenated alkanes) is 1. The number of hydrogen-bond acceptors (Lipinski definition) is 2. The lowest BCUT2D eigenvalue weighted by Crippen LogP contribution is -2.34. The zero-order valence-corrected chi connectivity index (χ0v) is 13.4. The van der Waals surface area contributed by atoms with Crippen LogP contribution in [0.3, 0.4) is 0 Å². The van der Waals surface area contributed by atoms with Gasteiger partial charge in [-0.1, -0.05) is 36.8 Å². The van der Waals surface area contributed by atoms with Crippen molar-refractivity contribution >= 4 is 5.91 Å². The van der Waals surface area contributed by atoms with Crippen molar-refractivity contribution in [1.29, 1.82) is 0 Å². The summed E-state index contributed by atoms with van der Waals surface area (Å²) >= 11 is 0. The average Bonchev–Trinajstić information content (AvgIpc) is 2.89. The summed E-state index contributed by atoms with van der Waals surface area (Å²) in [6, 6.07) is 8.67. The number of nitrogens with two attached hydrogens (primary N) is 1. The van der Waals surface area contributed by atoms with Crippen molar-refractivity contribution in [3.63, 3.8) is 0 Å². The Bertz CT molecular complexity index is 469. The number of likely N-dealkylation sites (tertiary alicyclic amines) is 1. The average molecular weight is 288 g/mol. The third-order valence-electron chi connectivity index (χ3n) is 4.63. The van der Waals surface area contributed by atoms with Crippen LogP contribution in [0.15, 0.2) is 24.3 Å². The Morgan fingerprint density at radius 2 is 2.00 bits per heavy atom. The van der Waals surface area contributed by atoms with Gasteiger partial charge in [0.05, 0.1) is 0 Å². The molecule has 0 spiro atoms. The van der Waals surface area contributed by atoms with Crippen LogP contribution in [0.1, 0.15) is 43.7 Å². The maximum atomic E-state index is 12.2. The van der Waals surface area contributed by atoms with Gasteiger partial charge in [0.2, 0.25) is 5.91 Å². The number of carbonyl (C=O) groups is 1. The number of rotatable bonds is 6. The fraction of sp³-hybridized carbons (Fsp3) is 0.611. The van der Waals surface area contributed by atoms with Crippen molar-refractivity contribution in [2.75, 3.05) is 19.6 Å². The molecule has 1 amide bonds. The smallest absolute Gasteiger partial charge is 0.222 e. The Morgan fingerprint density at radius 3 is 2.62 bits per heavy atom. The van der Waals surface area contributed by atoms with Crippen molar-refractivity contribution in [3.8, 4) is 0 Å². The fourth-order valence-electron chi connectivity index (χ4n) is 2.92. The lowest BCUT2D eigenvalue weighted by atomic mass is 9.90. The van der Waals surface area contributed by atoms with E-state index in [1.54, 1.807) is 0 Å². The number of hydrogen-bond donors (Lipinski definition) is 1. The van der Waals surface area contributed by atoms with Crippen molar-refractivity contribution < 1.29 is 4.79 Å². The first-order chi connectivity index (χ1) is 10.0. The second-order valence-corrected chi connectivity index (χ2v) is 6.77. The highest BCUT2D eigenvalue weighted by molar-refractivity contribution is 5.76. The van der Waals surface area contributed by atoms with E-state index in [9.17, 15) is 4.79 Å². The van der Waals surface area contributed by atoms with E-state index in [0.717, 1.165) is 38.8 Å². The third-order valence-corrected chi connectivity index (χ3v) is 4.63. The molecule has 0 bridgehead atoms. The summed E-state index contributed by atoms with van der Waals surface area (Å²) in [5.41, 5.74) is 8.59. The van der Waals surface area contributed by atoms with Gasteiger partial charge in [0.25, 0.3) is 0 Å². The summed E-state index contributed by atoms with van der Waals surface area (Å²) in [5, 5.41) is 0. The molecule has 1 aliphatic rings. The molecule has 0 saturated carbocycles. The van der Waals surface area contributed by atoms with E-state index < -0.39 is 0 Å². The Labute approximate surface area is 128 Å². The summed E-state index contributed by atoms with van der Waals surface area (Å²) in [5.74, 6) is 0.302. The maximum absolute atomic E-state index is 12.2. The summed E-state index contributed by atoms with van der Waals surface area (Å²) in [6.45, 7) is 6.67. The third kappa shape index (κ3) is 4.57.